The molecular weight excluding hydrogens is 208 g/mol. The van der Waals surface area contributed by atoms with E-state index >= 15 is 0 Å². The Morgan fingerprint density at radius 1 is 1.12 bits per heavy atom. The second-order valence-electron chi connectivity index (χ2n) is 4.52. The zero-order chi connectivity index (χ0) is 11.7. The van der Waals surface area contributed by atoms with Crippen LogP contribution in [0.4, 0.5) is 0 Å². The van der Waals surface area contributed by atoms with Gasteiger partial charge in [-0.25, -0.2) is 0 Å². The van der Waals surface area contributed by atoms with Crippen molar-refractivity contribution < 1.29 is 0 Å². The minimum Gasteiger partial charge on any atom is -0.371 e. The van der Waals surface area contributed by atoms with Crippen LogP contribution in [0.15, 0.2) is 47.5 Å². The van der Waals surface area contributed by atoms with E-state index < -0.39 is 0 Å². The lowest BCUT2D eigenvalue weighted by molar-refractivity contribution is 0.920. The molecule has 0 fully saturated rings. The van der Waals surface area contributed by atoms with Gasteiger partial charge in [0.25, 0.3) is 0 Å². The van der Waals surface area contributed by atoms with Crippen LogP contribution in [0.25, 0.3) is 10.8 Å². The summed E-state index contributed by atoms with van der Waals surface area (Å²) in [4.78, 5) is 4.50. The van der Waals surface area contributed by atoms with E-state index in [0.717, 1.165) is 18.9 Å². The number of amidine groups is 1. The van der Waals surface area contributed by atoms with Gasteiger partial charge in [0.15, 0.2) is 0 Å². The van der Waals surface area contributed by atoms with Gasteiger partial charge < -0.3 is 5.32 Å². The summed E-state index contributed by atoms with van der Waals surface area (Å²) in [6, 6.07) is 15.1. The van der Waals surface area contributed by atoms with E-state index in [1.54, 1.807) is 0 Å². The molecule has 0 bridgehead atoms. The fourth-order valence-corrected chi connectivity index (χ4v) is 2.34. The zero-order valence-corrected chi connectivity index (χ0v) is 9.98. The molecule has 0 aliphatic carbocycles. The Labute approximate surface area is 101 Å². The highest BCUT2D eigenvalue weighted by Gasteiger charge is 2.15. The highest BCUT2D eigenvalue weighted by atomic mass is 15.1. The molecule has 0 spiro atoms. The topological polar surface area (TPSA) is 24.4 Å². The predicted octanol–water partition coefficient (Wildman–Crippen LogP) is 2.95. The normalized spacial score (nSPS) is 16.6. The third kappa shape index (κ3) is 1.91. The van der Waals surface area contributed by atoms with E-state index in [1.165, 1.54) is 16.3 Å². The van der Waals surface area contributed by atoms with E-state index in [2.05, 4.69) is 59.7 Å². The number of hydrogen-bond donors (Lipinski definition) is 1. The highest BCUT2D eigenvalue weighted by Crippen LogP contribution is 2.22. The molecule has 86 valence electrons. The highest BCUT2D eigenvalue weighted by molar-refractivity contribution is 5.91. The van der Waals surface area contributed by atoms with Crippen molar-refractivity contribution in [1.29, 1.82) is 0 Å². The smallest absolute Gasteiger partial charge is 0.104 e. The fourth-order valence-electron chi connectivity index (χ4n) is 2.34. The summed E-state index contributed by atoms with van der Waals surface area (Å²) in [5, 5.41) is 5.95. The Hall–Kier alpha value is -1.83. The van der Waals surface area contributed by atoms with Crippen LogP contribution in [0.5, 0.6) is 0 Å². The Balaban J connectivity index is 2.00. The third-order valence-corrected chi connectivity index (χ3v) is 3.38. The number of aliphatic imine (C=N–C) groups is 1. The Morgan fingerprint density at radius 2 is 1.94 bits per heavy atom. The molecule has 3 rings (SSSR count). The van der Waals surface area contributed by atoms with Crippen molar-refractivity contribution in [2.45, 2.75) is 12.8 Å². The number of hydrogen-bond acceptors (Lipinski definition) is 2. The summed E-state index contributed by atoms with van der Waals surface area (Å²) in [5.74, 6) is 1.49. The van der Waals surface area contributed by atoms with Crippen molar-refractivity contribution in [3.05, 3.63) is 48.0 Å². The van der Waals surface area contributed by atoms with Crippen LogP contribution >= 0.6 is 0 Å². The van der Waals surface area contributed by atoms with Crippen LogP contribution < -0.4 is 5.32 Å². The number of benzene rings is 2. The molecule has 0 radical (unpaired) electrons. The van der Waals surface area contributed by atoms with Crippen molar-refractivity contribution in [3.63, 3.8) is 0 Å². The molecule has 0 unspecified atom stereocenters. The van der Waals surface area contributed by atoms with Gasteiger partial charge in [0, 0.05) is 12.5 Å². The molecule has 0 aromatic heterocycles. The zero-order valence-electron chi connectivity index (χ0n) is 9.98. The predicted molar refractivity (Wildman–Crippen MR) is 72.7 cm³/mol. The maximum absolute atomic E-state index is 4.50. The van der Waals surface area contributed by atoms with Crippen molar-refractivity contribution in [1.82, 2.24) is 5.32 Å². The Kier molecular flexibility index (Phi) is 2.56. The molecule has 2 aromatic rings. The van der Waals surface area contributed by atoms with E-state index in [0.29, 0.717) is 5.92 Å². The first-order chi connectivity index (χ1) is 8.34. The molecule has 2 heteroatoms. The van der Waals surface area contributed by atoms with Crippen LogP contribution in [-0.2, 0) is 0 Å². The van der Waals surface area contributed by atoms with Crippen molar-refractivity contribution in [2.75, 3.05) is 13.1 Å². The second kappa shape index (κ2) is 4.21. The lowest BCUT2D eigenvalue weighted by Crippen LogP contribution is -2.23. The summed E-state index contributed by atoms with van der Waals surface area (Å²) < 4.78 is 0. The Morgan fingerprint density at radius 3 is 2.71 bits per heavy atom. The summed E-state index contributed by atoms with van der Waals surface area (Å²) in [7, 11) is 0. The van der Waals surface area contributed by atoms with Gasteiger partial charge in [0.05, 0.1) is 6.54 Å². The average molecular weight is 224 g/mol. The van der Waals surface area contributed by atoms with Gasteiger partial charge >= 0.3 is 0 Å². The summed E-state index contributed by atoms with van der Waals surface area (Å²) in [5.41, 5.74) is 1.33. The SMILES string of the molecule is C[C@H](C1=NCCN1)c1ccc2ccccc2c1. The number of rotatable bonds is 2. The fraction of sp³-hybridized carbons (Fsp3) is 0.267. The largest absolute Gasteiger partial charge is 0.371 e. The molecule has 1 atom stereocenters. The second-order valence-corrected chi connectivity index (χ2v) is 4.52. The minimum absolute atomic E-state index is 0.363. The van der Waals surface area contributed by atoms with Crippen LogP contribution in [0.3, 0.4) is 0 Å². The lowest BCUT2D eigenvalue weighted by atomic mass is 9.97. The molecule has 0 saturated carbocycles. The van der Waals surface area contributed by atoms with Crippen LogP contribution in [0.1, 0.15) is 18.4 Å². The first-order valence-electron chi connectivity index (χ1n) is 6.11. The third-order valence-electron chi connectivity index (χ3n) is 3.38. The maximum atomic E-state index is 4.50. The molecule has 1 heterocycles. The summed E-state index contributed by atoms with van der Waals surface area (Å²) in [6.07, 6.45) is 0. The van der Waals surface area contributed by atoms with E-state index in [9.17, 15) is 0 Å². The molecule has 1 aliphatic rings. The molecule has 0 saturated heterocycles. The van der Waals surface area contributed by atoms with E-state index in [1.807, 2.05) is 0 Å². The monoisotopic (exact) mass is 224 g/mol. The molecule has 2 nitrogen and oxygen atoms in total. The number of fused-ring (bicyclic) bond motifs is 1. The minimum atomic E-state index is 0.363. The van der Waals surface area contributed by atoms with Crippen LogP contribution in [0.2, 0.25) is 0 Å². The van der Waals surface area contributed by atoms with Gasteiger partial charge in [-0.05, 0) is 16.3 Å². The summed E-state index contributed by atoms with van der Waals surface area (Å²) >= 11 is 0. The van der Waals surface area contributed by atoms with Crippen LogP contribution in [0, 0.1) is 0 Å². The van der Waals surface area contributed by atoms with Crippen LogP contribution in [-0.4, -0.2) is 18.9 Å². The number of nitrogens with one attached hydrogen (secondary N) is 1. The Bertz CT molecular complexity index is 572. The molecule has 1 N–H and O–H groups in total. The molecule has 17 heavy (non-hydrogen) atoms. The molecular formula is C15H16N2. The van der Waals surface area contributed by atoms with Gasteiger partial charge in [0.2, 0.25) is 0 Å². The van der Waals surface area contributed by atoms with Gasteiger partial charge in [-0.15, -0.1) is 0 Å². The van der Waals surface area contributed by atoms with Gasteiger partial charge in [-0.3, -0.25) is 4.99 Å². The van der Waals surface area contributed by atoms with Crippen molar-refractivity contribution >= 4 is 16.6 Å². The van der Waals surface area contributed by atoms with Gasteiger partial charge in [-0.2, -0.15) is 0 Å². The molecule has 2 aromatic carbocycles. The lowest BCUT2D eigenvalue weighted by Gasteiger charge is -2.13. The van der Waals surface area contributed by atoms with Gasteiger partial charge in [0.1, 0.15) is 5.84 Å². The first kappa shape index (κ1) is 10.3. The summed E-state index contributed by atoms with van der Waals surface area (Å²) in [6.45, 7) is 4.10. The maximum Gasteiger partial charge on any atom is 0.104 e. The van der Waals surface area contributed by atoms with Crippen molar-refractivity contribution in [2.24, 2.45) is 4.99 Å². The van der Waals surface area contributed by atoms with E-state index in [-0.39, 0.29) is 0 Å². The molecule has 1 aliphatic heterocycles. The van der Waals surface area contributed by atoms with Gasteiger partial charge in [-0.1, -0.05) is 49.4 Å². The first-order valence-corrected chi connectivity index (χ1v) is 6.11. The van der Waals surface area contributed by atoms with Crippen molar-refractivity contribution in [3.8, 4) is 0 Å². The molecule has 0 amide bonds. The van der Waals surface area contributed by atoms with E-state index in [4.69, 9.17) is 0 Å². The average Bonchev–Trinajstić information content (AvgIpc) is 2.91. The number of nitrogens with zero attached hydrogens (tertiary/aromatic N) is 1. The quantitative estimate of drug-likeness (QED) is 0.833. The standard InChI is InChI=1S/C15H16N2/c1-11(15-16-8-9-17-15)13-7-6-12-4-2-3-5-14(12)10-13/h2-7,10-11H,8-9H2,1H3,(H,16,17)/t11-/m0/s1.